The number of Topliss-reactive ketones (excluding diaryl/α,β-unsaturated/α-hetero) is 1. The Morgan fingerprint density at radius 2 is 2.12 bits per heavy atom. The molecule has 25 heavy (non-hydrogen) atoms. The molecule has 0 aliphatic carbocycles. The van der Waals surface area contributed by atoms with Crippen LogP contribution in [0.3, 0.4) is 0 Å². The fourth-order valence-electron chi connectivity index (χ4n) is 2.80. The molecule has 0 unspecified atom stereocenters. The number of thioether (sulfide) groups is 1. The van der Waals surface area contributed by atoms with Gasteiger partial charge in [0.25, 0.3) is 0 Å². The highest BCUT2D eigenvalue weighted by molar-refractivity contribution is 7.99. The Balaban J connectivity index is 1.67. The van der Waals surface area contributed by atoms with Crippen molar-refractivity contribution in [1.82, 2.24) is 14.8 Å². The molecular formula is C17H19FN4O2S. The van der Waals surface area contributed by atoms with Crippen molar-refractivity contribution in [3.05, 3.63) is 35.4 Å². The number of nitrogens with one attached hydrogen (secondary N) is 1. The second-order valence-electron chi connectivity index (χ2n) is 5.95. The first-order valence-electron chi connectivity index (χ1n) is 8.20. The second-order valence-corrected chi connectivity index (χ2v) is 6.89. The SMILES string of the molecule is CC(=O)Nc1ccc(C(=O)CSc2nnc3n2CCCCC3)c(F)c1. The van der Waals surface area contributed by atoms with Gasteiger partial charge in [-0.15, -0.1) is 10.2 Å². The molecule has 0 fully saturated rings. The first kappa shape index (κ1) is 17.6. The van der Waals surface area contributed by atoms with Crippen molar-refractivity contribution in [2.24, 2.45) is 0 Å². The number of aromatic nitrogens is 3. The third kappa shape index (κ3) is 4.25. The number of ketones is 1. The van der Waals surface area contributed by atoms with Gasteiger partial charge in [-0.2, -0.15) is 0 Å². The van der Waals surface area contributed by atoms with Crippen LogP contribution in [-0.2, 0) is 17.8 Å². The molecule has 0 atom stereocenters. The van der Waals surface area contributed by atoms with Crippen LogP contribution >= 0.6 is 11.8 Å². The van der Waals surface area contributed by atoms with E-state index >= 15 is 0 Å². The lowest BCUT2D eigenvalue weighted by Gasteiger charge is -2.07. The number of aryl methyl sites for hydroxylation is 1. The van der Waals surface area contributed by atoms with Crippen molar-refractivity contribution in [3.8, 4) is 0 Å². The van der Waals surface area contributed by atoms with Gasteiger partial charge in [0.1, 0.15) is 11.6 Å². The molecule has 0 spiro atoms. The van der Waals surface area contributed by atoms with E-state index in [1.54, 1.807) is 0 Å². The van der Waals surface area contributed by atoms with Crippen molar-refractivity contribution in [2.75, 3.05) is 11.1 Å². The predicted molar refractivity (Wildman–Crippen MR) is 93.3 cm³/mol. The maximum absolute atomic E-state index is 14.1. The van der Waals surface area contributed by atoms with Crippen LogP contribution in [0.15, 0.2) is 23.4 Å². The third-order valence-corrected chi connectivity index (χ3v) is 4.96. The van der Waals surface area contributed by atoms with E-state index < -0.39 is 5.82 Å². The van der Waals surface area contributed by atoms with Crippen LogP contribution in [-0.4, -0.2) is 32.2 Å². The molecule has 0 bridgehead atoms. The van der Waals surface area contributed by atoms with E-state index in [1.807, 2.05) is 0 Å². The van der Waals surface area contributed by atoms with Gasteiger partial charge in [0, 0.05) is 25.6 Å². The molecule has 1 aromatic carbocycles. The Bertz CT molecular complexity index is 806. The summed E-state index contributed by atoms with van der Waals surface area (Å²) in [5, 5.41) is 11.5. The van der Waals surface area contributed by atoms with Crippen LogP contribution in [0.1, 0.15) is 42.4 Å². The molecule has 0 saturated carbocycles. The molecule has 1 aliphatic rings. The topological polar surface area (TPSA) is 76.9 Å². The summed E-state index contributed by atoms with van der Waals surface area (Å²) >= 11 is 1.28. The molecule has 1 aliphatic heterocycles. The summed E-state index contributed by atoms with van der Waals surface area (Å²) in [6, 6.07) is 4.07. The van der Waals surface area contributed by atoms with Crippen molar-refractivity contribution in [2.45, 2.75) is 44.3 Å². The third-order valence-electron chi connectivity index (χ3n) is 4.00. The van der Waals surface area contributed by atoms with E-state index in [9.17, 15) is 14.0 Å². The van der Waals surface area contributed by atoms with Crippen molar-refractivity contribution in [3.63, 3.8) is 0 Å². The number of carbonyl (C=O) groups is 2. The van der Waals surface area contributed by atoms with Crippen molar-refractivity contribution >= 4 is 29.1 Å². The maximum atomic E-state index is 14.1. The molecular weight excluding hydrogens is 343 g/mol. The van der Waals surface area contributed by atoms with E-state index in [0.29, 0.717) is 10.8 Å². The molecule has 1 amide bonds. The van der Waals surface area contributed by atoms with E-state index in [-0.39, 0.29) is 23.0 Å². The zero-order valence-corrected chi connectivity index (χ0v) is 14.7. The summed E-state index contributed by atoms with van der Waals surface area (Å²) in [5.74, 6) is -0.200. The van der Waals surface area contributed by atoms with E-state index in [0.717, 1.165) is 44.1 Å². The van der Waals surface area contributed by atoms with Gasteiger partial charge in [-0.1, -0.05) is 18.2 Å². The molecule has 1 aromatic heterocycles. The minimum Gasteiger partial charge on any atom is -0.326 e. The van der Waals surface area contributed by atoms with Gasteiger partial charge in [-0.25, -0.2) is 4.39 Å². The highest BCUT2D eigenvalue weighted by atomic mass is 32.2. The summed E-state index contributed by atoms with van der Waals surface area (Å²) in [6.45, 7) is 2.20. The van der Waals surface area contributed by atoms with Crippen LogP contribution in [0.25, 0.3) is 0 Å². The number of amides is 1. The van der Waals surface area contributed by atoms with E-state index in [2.05, 4.69) is 20.1 Å². The Labute approximate surface area is 149 Å². The van der Waals surface area contributed by atoms with Crippen LogP contribution in [0, 0.1) is 5.82 Å². The highest BCUT2D eigenvalue weighted by Crippen LogP contribution is 2.23. The Morgan fingerprint density at radius 3 is 2.88 bits per heavy atom. The Kier molecular flexibility index (Phi) is 5.47. The fraction of sp³-hybridized carbons (Fsp3) is 0.412. The first-order valence-corrected chi connectivity index (χ1v) is 9.18. The molecule has 3 rings (SSSR count). The molecule has 6 nitrogen and oxygen atoms in total. The fourth-order valence-corrected chi connectivity index (χ4v) is 3.66. The number of carbonyl (C=O) groups excluding carboxylic acids is 2. The number of benzene rings is 1. The van der Waals surface area contributed by atoms with Gasteiger partial charge in [0.2, 0.25) is 5.91 Å². The predicted octanol–water partition coefficient (Wildman–Crippen LogP) is 3.08. The molecule has 2 heterocycles. The molecule has 0 radical (unpaired) electrons. The average molecular weight is 362 g/mol. The lowest BCUT2D eigenvalue weighted by atomic mass is 10.1. The zero-order valence-electron chi connectivity index (χ0n) is 13.9. The summed E-state index contributed by atoms with van der Waals surface area (Å²) in [6.07, 6.45) is 4.25. The standard InChI is InChI=1S/C17H19FN4O2S/c1-11(23)19-12-6-7-13(14(18)9-12)15(24)10-25-17-21-20-16-5-3-2-4-8-22(16)17/h6-7,9H,2-5,8,10H2,1H3,(H,19,23). The summed E-state index contributed by atoms with van der Waals surface area (Å²) < 4.78 is 16.2. The Morgan fingerprint density at radius 1 is 1.28 bits per heavy atom. The number of halogens is 1. The number of hydrogen-bond acceptors (Lipinski definition) is 5. The smallest absolute Gasteiger partial charge is 0.221 e. The zero-order chi connectivity index (χ0) is 17.8. The summed E-state index contributed by atoms with van der Waals surface area (Å²) in [7, 11) is 0. The summed E-state index contributed by atoms with van der Waals surface area (Å²) in [5.41, 5.74) is 0.342. The monoisotopic (exact) mass is 362 g/mol. The number of fused-ring (bicyclic) bond motifs is 1. The van der Waals surface area contributed by atoms with Gasteiger partial charge >= 0.3 is 0 Å². The van der Waals surface area contributed by atoms with Gasteiger partial charge in [0.15, 0.2) is 10.9 Å². The number of rotatable bonds is 5. The molecule has 2 aromatic rings. The van der Waals surface area contributed by atoms with Gasteiger partial charge in [0.05, 0.1) is 11.3 Å². The average Bonchev–Trinajstić information content (AvgIpc) is 2.79. The van der Waals surface area contributed by atoms with Gasteiger partial charge in [-0.3, -0.25) is 9.59 Å². The van der Waals surface area contributed by atoms with Gasteiger partial charge in [-0.05, 0) is 31.0 Å². The largest absolute Gasteiger partial charge is 0.326 e. The van der Waals surface area contributed by atoms with Crippen molar-refractivity contribution in [1.29, 1.82) is 0 Å². The number of nitrogens with zero attached hydrogens (tertiary/aromatic N) is 3. The second kappa shape index (κ2) is 7.77. The van der Waals surface area contributed by atoms with E-state index in [4.69, 9.17) is 0 Å². The van der Waals surface area contributed by atoms with Crippen LogP contribution in [0.5, 0.6) is 0 Å². The van der Waals surface area contributed by atoms with Gasteiger partial charge < -0.3 is 9.88 Å². The quantitative estimate of drug-likeness (QED) is 0.653. The van der Waals surface area contributed by atoms with Crippen LogP contribution in [0.4, 0.5) is 10.1 Å². The van der Waals surface area contributed by atoms with Crippen LogP contribution in [0.2, 0.25) is 0 Å². The molecule has 0 saturated heterocycles. The first-order chi connectivity index (χ1) is 12.0. The maximum Gasteiger partial charge on any atom is 0.221 e. The minimum absolute atomic E-state index is 0.0113. The number of hydrogen-bond donors (Lipinski definition) is 1. The minimum atomic E-state index is -0.642. The lowest BCUT2D eigenvalue weighted by molar-refractivity contribution is -0.114. The molecule has 8 heteroatoms. The van der Waals surface area contributed by atoms with E-state index in [1.165, 1.54) is 30.8 Å². The normalized spacial score (nSPS) is 13.8. The molecule has 1 N–H and O–H groups in total. The van der Waals surface area contributed by atoms with Crippen molar-refractivity contribution < 1.29 is 14.0 Å². The number of anilines is 1. The van der Waals surface area contributed by atoms with Crippen LogP contribution < -0.4 is 5.32 Å². The lowest BCUT2D eigenvalue weighted by Crippen LogP contribution is -2.10. The summed E-state index contributed by atoms with van der Waals surface area (Å²) in [4.78, 5) is 23.3. The Hall–Kier alpha value is -2.22. The molecule has 132 valence electrons. The highest BCUT2D eigenvalue weighted by Gasteiger charge is 2.18.